The van der Waals surface area contributed by atoms with Crippen LogP contribution in [0, 0.1) is 11.8 Å². The SMILES string of the molecule is CC(C)C(C(=O)N1CCN(C(C)C)CC1)C(N)=S. The smallest absolute Gasteiger partial charge is 0.232 e. The van der Waals surface area contributed by atoms with Gasteiger partial charge in [0.25, 0.3) is 0 Å². The van der Waals surface area contributed by atoms with Gasteiger partial charge in [0.1, 0.15) is 0 Å². The summed E-state index contributed by atoms with van der Waals surface area (Å²) in [6, 6.07) is 0.540. The van der Waals surface area contributed by atoms with Crippen molar-refractivity contribution in [3.05, 3.63) is 0 Å². The van der Waals surface area contributed by atoms with E-state index in [0.29, 0.717) is 11.0 Å². The lowest BCUT2D eigenvalue weighted by molar-refractivity contribution is -0.136. The first-order valence-corrected chi connectivity index (χ1v) is 7.07. The van der Waals surface area contributed by atoms with E-state index in [-0.39, 0.29) is 17.7 Å². The first-order valence-electron chi connectivity index (χ1n) is 6.66. The average molecular weight is 271 g/mol. The van der Waals surface area contributed by atoms with Crippen LogP contribution in [0.15, 0.2) is 0 Å². The van der Waals surface area contributed by atoms with Gasteiger partial charge >= 0.3 is 0 Å². The van der Waals surface area contributed by atoms with Gasteiger partial charge in [0.2, 0.25) is 5.91 Å². The zero-order chi connectivity index (χ0) is 13.9. The third kappa shape index (κ3) is 3.65. The molecule has 0 bridgehead atoms. The Morgan fingerprint density at radius 3 is 1.94 bits per heavy atom. The first-order chi connectivity index (χ1) is 8.34. The Hall–Kier alpha value is -0.680. The maximum Gasteiger partial charge on any atom is 0.232 e. The summed E-state index contributed by atoms with van der Waals surface area (Å²) in [5.41, 5.74) is 5.69. The molecule has 0 saturated carbocycles. The van der Waals surface area contributed by atoms with E-state index in [0.717, 1.165) is 26.2 Å². The van der Waals surface area contributed by atoms with E-state index in [2.05, 4.69) is 18.7 Å². The molecule has 4 nitrogen and oxygen atoms in total. The van der Waals surface area contributed by atoms with Crippen LogP contribution in [0.2, 0.25) is 0 Å². The maximum atomic E-state index is 12.4. The summed E-state index contributed by atoms with van der Waals surface area (Å²) in [6.07, 6.45) is 0. The van der Waals surface area contributed by atoms with Gasteiger partial charge in [-0.15, -0.1) is 0 Å². The fourth-order valence-corrected chi connectivity index (χ4v) is 2.76. The van der Waals surface area contributed by atoms with Crippen LogP contribution in [-0.2, 0) is 4.79 Å². The molecular weight excluding hydrogens is 246 g/mol. The van der Waals surface area contributed by atoms with E-state index in [9.17, 15) is 4.79 Å². The van der Waals surface area contributed by atoms with Crippen LogP contribution in [0.5, 0.6) is 0 Å². The standard InChI is InChI=1S/C13H25N3OS/c1-9(2)11(12(14)18)13(17)16-7-5-15(6-8-16)10(3)4/h9-11H,5-8H2,1-4H3,(H2,14,18). The average Bonchev–Trinajstić information content (AvgIpc) is 2.28. The van der Waals surface area contributed by atoms with Crippen LogP contribution in [0.25, 0.3) is 0 Å². The summed E-state index contributed by atoms with van der Waals surface area (Å²) in [5, 5.41) is 0. The minimum atomic E-state index is -0.314. The number of rotatable bonds is 4. The van der Waals surface area contributed by atoms with E-state index in [1.165, 1.54) is 0 Å². The predicted octanol–water partition coefficient (Wildman–Crippen LogP) is 1.10. The third-order valence-electron chi connectivity index (χ3n) is 3.60. The van der Waals surface area contributed by atoms with Gasteiger partial charge < -0.3 is 10.6 Å². The number of carbonyl (C=O) groups excluding carboxylic acids is 1. The molecule has 1 atom stereocenters. The minimum absolute atomic E-state index is 0.0981. The fourth-order valence-electron chi connectivity index (χ4n) is 2.39. The second-order valence-electron chi connectivity index (χ2n) is 5.58. The van der Waals surface area contributed by atoms with E-state index >= 15 is 0 Å². The molecular formula is C13H25N3OS. The molecule has 1 heterocycles. The molecule has 1 aliphatic rings. The highest BCUT2D eigenvalue weighted by Crippen LogP contribution is 2.17. The molecule has 0 aromatic heterocycles. The van der Waals surface area contributed by atoms with Crippen molar-refractivity contribution in [2.75, 3.05) is 26.2 Å². The zero-order valence-corrected chi connectivity index (χ0v) is 12.7. The van der Waals surface area contributed by atoms with Gasteiger partial charge in [0.15, 0.2) is 0 Å². The summed E-state index contributed by atoms with van der Waals surface area (Å²) >= 11 is 5.02. The largest absolute Gasteiger partial charge is 0.393 e. The van der Waals surface area contributed by atoms with Crippen LogP contribution >= 0.6 is 12.2 Å². The predicted molar refractivity (Wildman–Crippen MR) is 78.4 cm³/mol. The summed E-state index contributed by atoms with van der Waals surface area (Å²) in [6.45, 7) is 11.8. The van der Waals surface area contributed by atoms with Gasteiger partial charge in [-0.3, -0.25) is 9.69 Å². The van der Waals surface area contributed by atoms with Gasteiger partial charge in [-0.25, -0.2) is 0 Å². The van der Waals surface area contributed by atoms with Gasteiger partial charge in [0.05, 0.1) is 10.9 Å². The second kappa shape index (κ2) is 6.48. The van der Waals surface area contributed by atoms with Gasteiger partial charge in [0, 0.05) is 32.2 Å². The number of carbonyl (C=O) groups is 1. The molecule has 0 aliphatic carbocycles. The summed E-state index contributed by atoms with van der Waals surface area (Å²) in [4.78, 5) is 17.0. The molecule has 0 radical (unpaired) electrons. The minimum Gasteiger partial charge on any atom is -0.393 e. The van der Waals surface area contributed by atoms with Crippen molar-refractivity contribution >= 4 is 23.1 Å². The van der Waals surface area contributed by atoms with Crippen molar-refractivity contribution in [1.82, 2.24) is 9.80 Å². The van der Waals surface area contributed by atoms with E-state index in [1.54, 1.807) is 0 Å². The number of thiocarbonyl (C=S) groups is 1. The molecule has 1 rings (SSSR count). The molecule has 5 heteroatoms. The molecule has 0 aromatic carbocycles. The molecule has 1 unspecified atom stereocenters. The van der Waals surface area contributed by atoms with Crippen molar-refractivity contribution in [3.8, 4) is 0 Å². The molecule has 0 spiro atoms. The lowest BCUT2D eigenvalue weighted by atomic mass is 9.94. The third-order valence-corrected chi connectivity index (χ3v) is 3.85. The topological polar surface area (TPSA) is 49.6 Å². The van der Waals surface area contributed by atoms with E-state index < -0.39 is 0 Å². The highest BCUT2D eigenvalue weighted by atomic mass is 32.1. The van der Waals surface area contributed by atoms with Crippen LogP contribution in [-0.4, -0.2) is 52.9 Å². The summed E-state index contributed by atoms with van der Waals surface area (Å²) in [7, 11) is 0. The Morgan fingerprint density at radius 1 is 1.11 bits per heavy atom. The molecule has 0 aromatic rings. The Kier molecular flexibility index (Phi) is 5.53. The molecule has 1 aliphatic heterocycles. The number of amides is 1. The number of hydrogen-bond donors (Lipinski definition) is 1. The number of nitrogens with two attached hydrogens (primary N) is 1. The summed E-state index contributed by atoms with van der Waals surface area (Å²) in [5.74, 6) is -0.0513. The Bertz CT molecular complexity index is 309. The van der Waals surface area contributed by atoms with Gasteiger partial charge in [-0.1, -0.05) is 26.1 Å². The Morgan fingerprint density at radius 2 is 1.61 bits per heavy atom. The number of piperazine rings is 1. The number of nitrogens with zero attached hydrogens (tertiary/aromatic N) is 2. The number of hydrogen-bond acceptors (Lipinski definition) is 3. The molecule has 104 valence electrons. The second-order valence-corrected chi connectivity index (χ2v) is 6.05. The van der Waals surface area contributed by atoms with E-state index in [1.807, 2.05) is 18.7 Å². The zero-order valence-electron chi connectivity index (χ0n) is 11.8. The molecule has 2 N–H and O–H groups in total. The Labute approximate surface area is 115 Å². The fraction of sp³-hybridized carbons (Fsp3) is 0.846. The van der Waals surface area contributed by atoms with Crippen LogP contribution < -0.4 is 5.73 Å². The Balaban J connectivity index is 2.61. The van der Waals surface area contributed by atoms with Crippen molar-refractivity contribution in [3.63, 3.8) is 0 Å². The maximum absolute atomic E-state index is 12.4. The lowest BCUT2D eigenvalue weighted by Gasteiger charge is -2.38. The van der Waals surface area contributed by atoms with Crippen molar-refractivity contribution in [2.24, 2.45) is 17.6 Å². The van der Waals surface area contributed by atoms with Crippen molar-refractivity contribution in [1.29, 1.82) is 0 Å². The lowest BCUT2D eigenvalue weighted by Crippen LogP contribution is -2.53. The van der Waals surface area contributed by atoms with Crippen LogP contribution in [0.1, 0.15) is 27.7 Å². The molecule has 1 amide bonds. The van der Waals surface area contributed by atoms with E-state index in [4.69, 9.17) is 18.0 Å². The van der Waals surface area contributed by atoms with Crippen molar-refractivity contribution in [2.45, 2.75) is 33.7 Å². The highest BCUT2D eigenvalue weighted by molar-refractivity contribution is 7.80. The first kappa shape index (κ1) is 15.4. The molecule has 1 fully saturated rings. The van der Waals surface area contributed by atoms with Crippen LogP contribution in [0.3, 0.4) is 0 Å². The van der Waals surface area contributed by atoms with Gasteiger partial charge in [-0.05, 0) is 19.8 Å². The molecule has 18 heavy (non-hydrogen) atoms. The normalized spacial score (nSPS) is 19.3. The highest BCUT2D eigenvalue weighted by Gasteiger charge is 2.31. The monoisotopic (exact) mass is 271 g/mol. The van der Waals surface area contributed by atoms with Crippen LogP contribution in [0.4, 0.5) is 0 Å². The molecule has 1 saturated heterocycles. The van der Waals surface area contributed by atoms with Gasteiger partial charge in [-0.2, -0.15) is 0 Å². The van der Waals surface area contributed by atoms with Crippen molar-refractivity contribution < 1.29 is 4.79 Å². The quantitative estimate of drug-likeness (QED) is 0.778. The summed E-state index contributed by atoms with van der Waals surface area (Å²) < 4.78 is 0.